The van der Waals surface area contributed by atoms with Crippen LogP contribution in [0.5, 0.6) is 11.5 Å². The monoisotopic (exact) mass is 404 g/mol. The highest BCUT2D eigenvalue weighted by Gasteiger charge is 2.30. The summed E-state index contributed by atoms with van der Waals surface area (Å²) in [5.74, 6) is 1.80. The van der Waals surface area contributed by atoms with Crippen molar-refractivity contribution in [3.8, 4) is 11.5 Å². The van der Waals surface area contributed by atoms with Crippen molar-refractivity contribution in [1.82, 2.24) is 10.2 Å². The Labute approximate surface area is 172 Å². The number of amides is 2. The van der Waals surface area contributed by atoms with Crippen LogP contribution in [-0.4, -0.2) is 48.8 Å². The van der Waals surface area contributed by atoms with Gasteiger partial charge in [-0.2, -0.15) is 0 Å². The van der Waals surface area contributed by atoms with Crippen LogP contribution in [0.25, 0.3) is 0 Å². The van der Waals surface area contributed by atoms with Gasteiger partial charge in [0.25, 0.3) is 0 Å². The molecule has 7 heteroatoms. The number of rotatable bonds is 7. The van der Waals surface area contributed by atoms with Crippen molar-refractivity contribution < 1.29 is 23.8 Å². The van der Waals surface area contributed by atoms with Gasteiger partial charge in [0.1, 0.15) is 29.7 Å². The van der Waals surface area contributed by atoms with Crippen LogP contribution in [0.15, 0.2) is 12.1 Å². The van der Waals surface area contributed by atoms with Crippen molar-refractivity contribution in [3.05, 3.63) is 23.3 Å². The van der Waals surface area contributed by atoms with Gasteiger partial charge in [-0.25, -0.2) is 4.79 Å². The molecule has 0 bridgehead atoms. The molecule has 1 aromatic rings. The van der Waals surface area contributed by atoms with Gasteiger partial charge in [-0.15, -0.1) is 0 Å². The molecule has 0 radical (unpaired) electrons. The molecule has 3 rings (SSSR count). The van der Waals surface area contributed by atoms with Crippen LogP contribution in [0.1, 0.15) is 51.7 Å². The highest BCUT2D eigenvalue weighted by molar-refractivity contribution is 5.82. The molecule has 1 aliphatic heterocycles. The quantitative estimate of drug-likeness (QED) is 0.755. The van der Waals surface area contributed by atoms with Crippen LogP contribution in [0.4, 0.5) is 4.79 Å². The normalized spacial score (nSPS) is 17.9. The van der Waals surface area contributed by atoms with Gasteiger partial charge < -0.3 is 19.5 Å². The summed E-state index contributed by atoms with van der Waals surface area (Å²) in [6, 6.07) is 3.90. The Bertz CT molecular complexity index is 767. The Morgan fingerprint density at radius 1 is 1.28 bits per heavy atom. The van der Waals surface area contributed by atoms with E-state index < -0.39 is 11.7 Å². The van der Waals surface area contributed by atoms with Crippen LogP contribution in [0.3, 0.4) is 0 Å². The number of fused-ring (bicyclic) bond motifs is 1. The third kappa shape index (κ3) is 6.02. The molecule has 0 spiro atoms. The van der Waals surface area contributed by atoms with Crippen molar-refractivity contribution in [1.29, 1.82) is 0 Å². The maximum Gasteiger partial charge on any atom is 0.410 e. The van der Waals surface area contributed by atoms with E-state index in [2.05, 4.69) is 5.32 Å². The van der Waals surface area contributed by atoms with Gasteiger partial charge in [0.15, 0.2) is 0 Å². The average Bonchev–Trinajstić information content (AvgIpc) is 3.36. The molecule has 2 amide bonds. The number of carbonyl (C=O) groups is 2. The largest absolute Gasteiger partial charge is 0.496 e. The fourth-order valence-electron chi connectivity index (χ4n) is 3.37. The fourth-order valence-corrected chi connectivity index (χ4v) is 3.37. The van der Waals surface area contributed by atoms with Crippen LogP contribution in [0.2, 0.25) is 0 Å². The molecule has 1 heterocycles. The van der Waals surface area contributed by atoms with Gasteiger partial charge in [0, 0.05) is 30.6 Å². The predicted molar refractivity (Wildman–Crippen MR) is 109 cm³/mol. The molecule has 1 saturated carbocycles. The van der Waals surface area contributed by atoms with Crippen LogP contribution in [-0.2, 0) is 22.5 Å². The van der Waals surface area contributed by atoms with Crippen molar-refractivity contribution in [2.45, 2.75) is 65.2 Å². The van der Waals surface area contributed by atoms with E-state index in [1.807, 2.05) is 39.8 Å². The first kappa shape index (κ1) is 21.3. The molecule has 1 unspecified atom stereocenters. The molecule has 29 heavy (non-hydrogen) atoms. The van der Waals surface area contributed by atoms with Crippen LogP contribution in [0, 0.1) is 5.92 Å². The molecular weight excluding hydrogens is 372 g/mol. The van der Waals surface area contributed by atoms with Crippen molar-refractivity contribution in [3.63, 3.8) is 0 Å². The van der Waals surface area contributed by atoms with Gasteiger partial charge in [-0.05, 0) is 58.6 Å². The molecular formula is C22H32N2O5. The summed E-state index contributed by atoms with van der Waals surface area (Å²) in [7, 11) is 1.62. The first-order valence-electron chi connectivity index (χ1n) is 10.3. The Morgan fingerprint density at radius 2 is 2.00 bits per heavy atom. The molecule has 0 saturated heterocycles. The maximum atomic E-state index is 12.6. The Morgan fingerprint density at radius 3 is 2.62 bits per heavy atom. The van der Waals surface area contributed by atoms with Gasteiger partial charge in [0.2, 0.25) is 5.91 Å². The SMILES string of the molecule is COc1cc2c(cc1CNC(=O)CN(CC1CC1)C(=O)OC(C)(C)C)OC(C)C2. The summed E-state index contributed by atoms with van der Waals surface area (Å²) in [5.41, 5.74) is 1.37. The lowest BCUT2D eigenvalue weighted by Crippen LogP contribution is -2.44. The Hall–Kier alpha value is -2.44. The lowest BCUT2D eigenvalue weighted by Gasteiger charge is -2.27. The van der Waals surface area contributed by atoms with Crippen LogP contribution < -0.4 is 14.8 Å². The predicted octanol–water partition coefficient (Wildman–Crippen LogP) is 3.28. The zero-order valence-corrected chi connectivity index (χ0v) is 18.0. The number of nitrogens with zero attached hydrogens (tertiary/aromatic N) is 1. The number of hydrogen-bond donors (Lipinski definition) is 1. The number of nitrogens with one attached hydrogen (secondary N) is 1. The van der Waals surface area contributed by atoms with Gasteiger partial charge in [0.05, 0.1) is 7.11 Å². The zero-order chi connectivity index (χ0) is 21.2. The molecule has 7 nitrogen and oxygen atoms in total. The van der Waals surface area contributed by atoms with Crippen molar-refractivity contribution in [2.24, 2.45) is 5.92 Å². The topological polar surface area (TPSA) is 77.1 Å². The molecule has 1 N–H and O–H groups in total. The third-order valence-corrected chi connectivity index (χ3v) is 4.94. The average molecular weight is 405 g/mol. The van der Waals surface area contributed by atoms with E-state index in [0.717, 1.165) is 41.9 Å². The first-order chi connectivity index (χ1) is 13.6. The standard InChI is InChI=1S/C22H32N2O5/c1-14-8-16-9-18(27-5)17(10-19(16)28-14)11-23-20(25)13-24(12-15-6-7-15)21(26)29-22(2,3)4/h9-10,14-15H,6-8,11-13H2,1-5H3,(H,23,25). The van der Waals surface area contributed by atoms with Gasteiger partial charge >= 0.3 is 6.09 Å². The number of methoxy groups -OCH3 is 1. The number of hydrogen-bond acceptors (Lipinski definition) is 5. The summed E-state index contributed by atoms with van der Waals surface area (Å²) in [5, 5.41) is 2.89. The summed E-state index contributed by atoms with van der Waals surface area (Å²) < 4.78 is 16.8. The third-order valence-electron chi connectivity index (χ3n) is 4.94. The molecule has 1 aromatic carbocycles. The van der Waals surface area contributed by atoms with E-state index in [-0.39, 0.29) is 18.6 Å². The molecule has 1 fully saturated rings. The second-order valence-electron chi connectivity index (χ2n) is 8.99. The number of carbonyl (C=O) groups excluding carboxylic acids is 2. The van der Waals surface area contributed by atoms with Gasteiger partial charge in [-0.3, -0.25) is 9.69 Å². The number of benzene rings is 1. The van der Waals surface area contributed by atoms with Crippen molar-refractivity contribution in [2.75, 3.05) is 20.2 Å². The van der Waals surface area contributed by atoms with E-state index in [4.69, 9.17) is 14.2 Å². The first-order valence-corrected chi connectivity index (χ1v) is 10.3. The number of ether oxygens (including phenoxy) is 3. The van der Waals surface area contributed by atoms with E-state index in [0.29, 0.717) is 19.0 Å². The van der Waals surface area contributed by atoms with E-state index in [9.17, 15) is 9.59 Å². The Balaban J connectivity index is 1.60. The van der Waals surface area contributed by atoms with E-state index >= 15 is 0 Å². The minimum atomic E-state index is -0.593. The van der Waals surface area contributed by atoms with E-state index in [1.54, 1.807) is 7.11 Å². The lowest BCUT2D eigenvalue weighted by molar-refractivity contribution is -0.122. The molecule has 1 aliphatic carbocycles. The molecule has 1 atom stereocenters. The summed E-state index contributed by atoms with van der Waals surface area (Å²) in [6.45, 7) is 8.33. The highest BCUT2D eigenvalue weighted by Crippen LogP contribution is 2.35. The van der Waals surface area contributed by atoms with Crippen LogP contribution >= 0.6 is 0 Å². The smallest absolute Gasteiger partial charge is 0.410 e. The maximum absolute atomic E-state index is 12.6. The lowest BCUT2D eigenvalue weighted by atomic mass is 10.1. The van der Waals surface area contributed by atoms with E-state index in [1.165, 1.54) is 4.90 Å². The minimum absolute atomic E-state index is 0.0216. The van der Waals surface area contributed by atoms with Crippen molar-refractivity contribution >= 4 is 12.0 Å². The molecule has 160 valence electrons. The minimum Gasteiger partial charge on any atom is -0.496 e. The Kier molecular flexibility index (Phi) is 6.24. The second-order valence-corrected chi connectivity index (χ2v) is 8.99. The summed E-state index contributed by atoms with van der Waals surface area (Å²) in [4.78, 5) is 26.5. The molecule has 0 aromatic heterocycles. The summed E-state index contributed by atoms with van der Waals surface area (Å²) in [6.07, 6.45) is 2.73. The zero-order valence-electron chi connectivity index (χ0n) is 18.0. The van der Waals surface area contributed by atoms with Gasteiger partial charge in [-0.1, -0.05) is 0 Å². The summed E-state index contributed by atoms with van der Waals surface area (Å²) >= 11 is 0. The fraction of sp³-hybridized carbons (Fsp3) is 0.636. The highest BCUT2D eigenvalue weighted by atomic mass is 16.6. The molecule has 2 aliphatic rings. The second kappa shape index (κ2) is 8.51.